The fourth-order valence-electron chi connectivity index (χ4n) is 3.31. The highest BCUT2D eigenvalue weighted by Gasteiger charge is 2.42. The number of hydrogen-bond acceptors (Lipinski definition) is 5. The molecule has 0 aliphatic carbocycles. The number of aromatic nitrogens is 1. The van der Waals surface area contributed by atoms with Crippen molar-refractivity contribution in [2.45, 2.75) is 39.0 Å². The van der Waals surface area contributed by atoms with E-state index < -0.39 is 17.7 Å². The smallest absolute Gasteiger partial charge is 0.224 e. The molecule has 8 heteroatoms. The number of aromatic amines is 1. The van der Waals surface area contributed by atoms with Gasteiger partial charge in [0.05, 0.1) is 6.42 Å². The number of carbonyl (C=O) groups excluding carboxylic acids is 1. The van der Waals surface area contributed by atoms with Crippen LogP contribution < -0.4 is 0 Å². The molecule has 1 unspecified atom stereocenters. The van der Waals surface area contributed by atoms with E-state index in [-0.39, 0.29) is 23.5 Å². The molecule has 0 spiro atoms. The molecular weight excluding hydrogens is 475 g/mol. The number of nitrogens with one attached hydrogen (secondary N) is 1. The first-order chi connectivity index (χ1) is 13.2. The summed E-state index contributed by atoms with van der Waals surface area (Å²) < 4.78 is 11.1. The zero-order chi connectivity index (χ0) is 20.9. The largest absolute Gasteiger partial charge is 0.364 e. The Bertz CT molecular complexity index is 812. The van der Waals surface area contributed by atoms with Crippen molar-refractivity contribution in [1.29, 1.82) is 0 Å². The molecule has 1 atom stereocenters. The van der Waals surface area contributed by atoms with E-state index in [1.807, 2.05) is 30.3 Å². The van der Waals surface area contributed by atoms with Crippen LogP contribution in [0.2, 0.25) is 0 Å². The number of ketones is 1. The van der Waals surface area contributed by atoms with Crippen molar-refractivity contribution in [1.82, 2.24) is 4.98 Å². The van der Waals surface area contributed by atoms with E-state index in [1.165, 1.54) is 14.2 Å². The van der Waals surface area contributed by atoms with Crippen molar-refractivity contribution in [3.63, 3.8) is 0 Å². The van der Waals surface area contributed by atoms with Crippen molar-refractivity contribution < 1.29 is 19.2 Å². The van der Waals surface area contributed by atoms with Gasteiger partial charge in [0.15, 0.2) is 5.78 Å². The minimum absolute atomic E-state index is 0.0232. The van der Waals surface area contributed by atoms with E-state index in [1.54, 1.807) is 20.0 Å². The standard InChI is InChI=1S/C20H25IN2O5/c1-20(2,12-17(24)19(27-3)28-4)18(23(25)26)11-16-15(9-10-22-16)13-5-7-14(21)8-6-13/h5-10,18-19,22H,11-12H2,1-4H3. The maximum atomic E-state index is 12.4. The molecule has 0 amide bonds. The van der Waals surface area contributed by atoms with Gasteiger partial charge in [-0.25, -0.2) is 0 Å². The van der Waals surface area contributed by atoms with E-state index in [0.29, 0.717) is 0 Å². The first-order valence-corrected chi connectivity index (χ1v) is 9.91. The Morgan fingerprint density at radius 1 is 1.21 bits per heavy atom. The molecule has 0 bridgehead atoms. The summed E-state index contributed by atoms with van der Waals surface area (Å²) >= 11 is 2.24. The van der Waals surface area contributed by atoms with Crippen molar-refractivity contribution in [2.75, 3.05) is 14.2 Å². The molecule has 2 rings (SSSR count). The molecule has 152 valence electrons. The SMILES string of the molecule is COC(OC)C(=O)CC(C)(C)C(Cc1[nH]ccc1-c1ccc(I)cc1)[N+](=O)[O-]. The summed E-state index contributed by atoms with van der Waals surface area (Å²) in [4.78, 5) is 27.1. The van der Waals surface area contributed by atoms with E-state index >= 15 is 0 Å². The normalized spacial score (nSPS) is 12.9. The summed E-state index contributed by atoms with van der Waals surface area (Å²) in [5.41, 5.74) is 1.81. The molecule has 1 aromatic heterocycles. The first-order valence-electron chi connectivity index (χ1n) is 8.83. The van der Waals surface area contributed by atoms with Gasteiger partial charge in [-0.2, -0.15) is 0 Å². The number of rotatable bonds is 10. The number of carbonyl (C=O) groups is 1. The molecule has 0 radical (unpaired) electrons. The van der Waals surface area contributed by atoms with Crippen LogP contribution in [0.1, 0.15) is 26.0 Å². The number of halogens is 1. The molecule has 0 saturated carbocycles. The van der Waals surface area contributed by atoms with Crippen molar-refractivity contribution in [2.24, 2.45) is 5.41 Å². The highest BCUT2D eigenvalue weighted by Crippen LogP contribution is 2.33. The average molecular weight is 500 g/mol. The highest BCUT2D eigenvalue weighted by molar-refractivity contribution is 14.1. The maximum Gasteiger partial charge on any atom is 0.224 e. The molecule has 1 aromatic carbocycles. The third kappa shape index (κ3) is 5.39. The van der Waals surface area contributed by atoms with Crippen LogP contribution in [0.5, 0.6) is 0 Å². The van der Waals surface area contributed by atoms with Crippen LogP contribution >= 0.6 is 22.6 Å². The quantitative estimate of drug-likeness (QED) is 0.230. The number of ether oxygens (including phenoxy) is 2. The Morgan fingerprint density at radius 3 is 2.36 bits per heavy atom. The summed E-state index contributed by atoms with van der Waals surface area (Å²) in [6, 6.07) is 8.94. The molecule has 1 heterocycles. The van der Waals surface area contributed by atoms with Gasteiger partial charge in [0.2, 0.25) is 12.3 Å². The van der Waals surface area contributed by atoms with Crippen molar-refractivity contribution in [3.05, 3.63) is 55.9 Å². The summed E-state index contributed by atoms with van der Waals surface area (Å²) in [5, 5.41) is 11.9. The molecule has 2 aromatic rings. The Hall–Kier alpha value is -1.78. The minimum atomic E-state index is -1.01. The molecule has 0 aliphatic heterocycles. The molecule has 0 saturated heterocycles. The third-order valence-corrected chi connectivity index (χ3v) is 5.58. The average Bonchev–Trinajstić information content (AvgIpc) is 3.08. The Morgan fingerprint density at radius 2 is 1.82 bits per heavy atom. The fourth-order valence-corrected chi connectivity index (χ4v) is 3.67. The predicted molar refractivity (Wildman–Crippen MR) is 115 cm³/mol. The first kappa shape index (κ1) is 22.5. The lowest BCUT2D eigenvalue weighted by Gasteiger charge is -2.28. The predicted octanol–water partition coefficient (Wildman–Crippen LogP) is 4.08. The van der Waals surface area contributed by atoms with Crippen LogP contribution in [0.25, 0.3) is 11.1 Å². The van der Waals surface area contributed by atoms with Crippen molar-refractivity contribution >= 4 is 28.4 Å². The number of H-pyrrole nitrogens is 1. The van der Waals surface area contributed by atoms with E-state index in [9.17, 15) is 14.9 Å². The lowest BCUT2D eigenvalue weighted by Crippen LogP contribution is -2.42. The summed E-state index contributed by atoms with van der Waals surface area (Å²) in [7, 11) is 2.74. The van der Waals surface area contributed by atoms with E-state index in [2.05, 4.69) is 27.6 Å². The number of benzene rings is 1. The minimum Gasteiger partial charge on any atom is -0.364 e. The highest BCUT2D eigenvalue weighted by atomic mass is 127. The summed E-state index contributed by atoms with van der Waals surface area (Å²) in [6.07, 6.45) is 0.931. The second-order valence-corrected chi connectivity index (χ2v) is 8.56. The maximum absolute atomic E-state index is 12.4. The van der Waals surface area contributed by atoms with Crippen LogP contribution in [0, 0.1) is 19.1 Å². The molecule has 1 N–H and O–H groups in total. The van der Waals surface area contributed by atoms with Crippen LogP contribution in [0.3, 0.4) is 0 Å². The molecule has 0 aliphatic rings. The summed E-state index contributed by atoms with van der Waals surface area (Å²) in [6.45, 7) is 3.46. The Labute approximate surface area is 178 Å². The van der Waals surface area contributed by atoms with Crippen LogP contribution in [0.4, 0.5) is 0 Å². The van der Waals surface area contributed by atoms with Crippen LogP contribution in [-0.2, 0) is 20.7 Å². The zero-order valence-corrected chi connectivity index (χ0v) is 18.6. The second-order valence-electron chi connectivity index (χ2n) is 7.32. The van der Waals surface area contributed by atoms with Gasteiger partial charge in [0.25, 0.3) is 0 Å². The van der Waals surface area contributed by atoms with E-state index in [4.69, 9.17) is 9.47 Å². The fraction of sp³-hybridized carbons (Fsp3) is 0.450. The van der Waals surface area contributed by atoms with Gasteiger partial charge < -0.3 is 14.5 Å². The van der Waals surface area contributed by atoms with E-state index in [0.717, 1.165) is 20.4 Å². The summed E-state index contributed by atoms with van der Waals surface area (Å²) in [5.74, 6) is -0.314. The Balaban J connectivity index is 2.26. The number of methoxy groups -OCH3 is 2. The topological polar surface area (TPSA) is 94.5 Å². The second kappa shape index (κ2) is 9.62. The third-order valence-electron chi connectivity index (χ3n) is 4.86. The lowest BCUT2D eigenvalue weighted by atomic mass is 9.77. The van der Waals surface area contributed by atoms with Gasteiger partial charge in [-0.15, -0.1) is 0 Å². The molecule has 0 fully saturated rings. The molecule has 7 nitrogen and oxygen atoms in total. The van der Waals surface area contributed by atoms with Gasteiger partial charge in [-0.05, 0) is 46.4 Å². The van der Waals surface area contributed by atoms with Crippen LogP contribution in [-0.4, -0.2) is 42.2 Å². The Kier molecular flexibility index (Phi) is 7.73. The van der Waals surface area contributed by atoms with Gasteiger partial charge in [0, 0.05) is 52.0 Å². The molecular formula is C20H25IN2O5. The lowest BCUT2D eigenvalue weighted by molar-refractivity contribution is -0.540. The number of Topliss-reactive ketones (excluding diaryl/α,β-unsaturated/α-hetero) is 1. The number of nitrogens with zero attached hydrogens (tertiary/aromatic N) is 1. The monoisotopic (exact) mass is 500 g/mol. The molecule has 28 heavy (non-hydrogen) atoms. The van der Waals surface area contributed by atoms with Gasteiger partial charge in [-0.3, -0.25) is 14.9 Å². The number of nitro groups is 1. The zero-order valence-electron chi connectivity index (χ0n) is 16.4. The van der Waals surface area contributed by atoms with Crippen LogP contribution in [0.15, 0.2) is 36.5 Å². The number of hydrogen-bond donors (Lipinski definition) is 1. The van der Waals surface area contributed by atoms with Gasteiger partial charge in [0.1, 0.15) is 0 Å². The van der Waals surface area contributed by atoms with Crippen molar-refractivity contribution in [3.8, 4) is 11.1 Å². The van der Waals surface area contributed by atoms with Gasteiger partial charge in [-0.1, -0.05) is 26.0 Å². The van der Waals surface area contributed by atoms with Gasteiger partial charge >= 0.3 is 0 Å².